The van der Waals surface area contributed by atoms with E-state index in [4.69, 9.17) is 10.5 Å². The molecule has 22 heavy (non-hydrogen) atoms. The van der Waals surface area contributed by atoms with Gasteiger partial charge in [0.2, 0.25) is 11.9 Å². The molecule has 0 amide bonds. The molecule has 1 heterocycles. The summed E-state index contributed by atoms with van der Waals surface area (Å²) in [5.74, 6) is 0.952. The van der Waals surface area contributed by atoms with E-state index in [-0.39, 0.29) is 24.4 Å². The molecule has 3 N–H and O–H groups in total. The van der Waals surface area contributed by atoms with E-state index in [2.05, 4.69) is 20.3 Å². The van der Waals surface area contributed by atoms with Crippen LogP contribution in [0.4, 0.5) is 17.6 Å². The van der Waals surface area contributed by atoms with E-state index in [1.165, 1.54) is 0 Å². The molecule has 2 atom stereocenters. The highest BCUT2D eigenvalue weighted by molar-refractivity contribution is 5.75. The zero-order valence-corrected chi connectivity index (χ0v) is 12.2. The summed E-state index contributed by atoms with van der Waals surface area (Å²) in [7, 11) is 0. The van der Waals surface area contributed by atoms with Crippen LogP contribution in [0.5, 0.6) is 0 Å². The summed E-state index contributed by atoms with van der Waals surface area (Å²) in [4.78, 5) is 23.9. The third-order valence-electron chi connectivity index (χ3n) is 3.48. The Kier molecular flexibility index (Phi) is 3.86. The molecule has 1 aliphatic rings. The fourth-order valence-electron chi connectivity index (χ4n) is 2.10. The Balaban J connectivity index is 1.66. The van der Waals surface area contributed by atoms with Gasteiger partial charge in [0.25, 0.3) is 0 Å². The first kappa shape index (κ1) is 14.2. The standard InChI is InChI=1S/C15H17N5O2/c1-9-7-11(9)13(21)22-8-12-18-14(16)20-15(19-12)17-10-5-3-2-4-6-10/h2-6,9,11H,7-8H2,1H3,(H3,16,17,18,19,20)/t9-,11-/m0/s1. The Morgan fingerprint density at radius 3 is 2.73 bits per heavy atom. The Morgan fingerprint density at radius 2 is 2.05 bits per heavy atom. The number of benzene rings is 1. The number of aromatic nitrogens is 3. The molecule has 7 nitrogen and oxygen atoms in total. The maximum absolute atomic E-state index is 11.7. The number of anilines is 3. The van der Waals surface area contributed by atoms with Crippen LogP contribution in [0.15, 0.2) is 30.3 Å². The average molecular weight is 299 g/mol. The van der Waals surface area contributed by atoms with E-state index in [1.54, 1.807) is 0 Å². The number of para-hydroxylation sites is 1. The van der Waals surface area contributed by atoms with E-state index >= 15 is 0 Å². The first-order chi connectivity index (χ1) is 10.6. The average Bonchev–Trinajstić information content (AvgIpc) is 3.22. The molecule has 1 fully saturated rings. The molecule has 0 bridgehead atoms. The second-order valence-corrected chi connectivity index (χ2v) is 5.35. The minimum absolute atomic E-state index is 0.00174. The van der Waals surface area contributed by atoms with Gasteiger partial charge in [-0.1, -0.05) is 25.1 Å². The van der Waals surface area contributed by atoms with Crippen LogP contribution in [-0.2, 0) is 16.1 Å². The number of hydrogen-bond acceptors (Lipinski definition) is 7. The summed E-state index contributed by atoms with van der Waals surface area (Å²) in [6.45, 7) is 2.02. The number of nitrogens with one attached hydrogen (secondary N) is 1. The molecule has 2 aromatic rings. The van der Waals surface area contributed by atoms with Crippen LogP contribution in [0.3, 0.4) is 0 Å². The molecule has 1 aromatic carbocycles. The van der Waals surface area contributed by atoms with E-state index in [0.717, 1.165) is 12.1 Å². The van der Waals surface area contributed by atoms with Crippen LogP contribution in [0.1, 0.15) is 19.2 Å². The number of rotatable bonds is 5. The summed E-state index contributed by atoms with van der Waals surface area (Å²) >= 11 is 0. The molecule has 0 unspecified atom stereocenters. The SMILES string of the molecule is C[C@H]1C[C@@H]1C(=O)OCc1nc(N)nc(Nc2ccccc2)n1. The molecular weight excluding hydrogens is 282 g/mol. The van der Waals surface area contributed by atoms with Crippen LogP contribution in [-0.4, -0.2) is 20.9 Å². The Hall–Kier alpha value is -2.70. The van der Waals surface area contributed by atoms with E-state index in [0.29, 0.717) is 17.7 Å². The lowest BCUT2D eigenvalue weighted by atomic mass is 10.3. The van der Waals surface area contributed by atoms with Crippen molar-refractivity contribution in [1.29, 1.82) is 0 Å². The van der Waals surface area contributed by atoms with Crippen molar-refractivity contribution in [3.8, 4) is 0 Å². The van der Waals surface area contributed by atoms with Crippen LogP contribution < -0.4 is 11.1 Å². The summed E-state index contributed by atoms with van der Waals surface area (Å²) in [6, 6.07) is 9.47. The van der Waals surface area contributed by atoms with Crippen molar-refractivity contribution >= 4 is 23.6 Å². The van der Waals surface area contributed by atoms with Crippen LogP contribution in [0.25, 0.3) is 0 Å². The molecule has 1 aliphatic carbocycles. The largest absolute Gasteiger partial charge is 0.457 e. The smallest absolute Gasteiger partial charge is 0.309 e. The van der Waals surface area contributed by atoms with Gasteiger partial charge in [0.15, 0.2) is 12.4 Å². The monoisotopic (exact) mass is 299 g/mol. The Bertz CT molecular complexity index is 677. The minimum Gasteiger partial charge on any atom is -0.457 e. The highest BCUT2D eigenvalue weighted by atomic mass is 16.5. The lowest BCUT2D eigenvalue weighted by Gasteiger charge is -2.07. The predicted molar refractivity (Wildman–Crippen MR) is 81.0 cm³/mol. The van der Waals surface area contributed by atoms with Crippen molar-refractivity contribution in [2.75, 3.05) is 11.1 Å². The van der Waals surface area contributed by atoms with Gasteiger partial charge in [0, 0.05) is 5.69 Å². The summed E-state index contributed by atoms with van der Waals surface area (Å²) in [6.07, 6.45) is 0.888. The molecule has 1 saturated carbocycles. The maximum Gasteiger partial charge on any atom is 0.309 e. The number of nitrogen functional groups attached to an aromatic ring is 1. The normalized spacial score (nSPS) is 19.5. The zero-order chi connectivity index (χ0) is 15.5. The van der Waals surface area contributed by atoms with Gasteiger partial charge in [-0.15, -0.1) is 0 Å². The highest BCUT2D eigenvalue weighted by Gasteiger charge is 2.40. The van der Waals surface area contributed by atoms with Gasteiger partial charge in [-0.2, -0.15) is 15.0 Å². The molecule has 0 saturated heterocycles. The summed E-state index contributed by atoms with van der Waals surface area (Å²) < 4.78 is 5.21. The van der Waals surface area contributed by atoms with Crippen molar-refractivity contribution in [2.45, 2.75) is 20.0 Å². The van der Waals surface area contributed by atoms with Gasteiger partial charge < -0.3 is 15.8 Å². The third-order valence-corrected chi connectivity index (χ3v) is 3.48. The van der Waals surface area contributed by atoms with E-state index < -0.39 is 0 Å². The molecule has 0 spiro atoms. The highest BCUT2D eigenvalue weighted by Crippen LogP contribution is 2.38. The number of hydrogen-bond donors (Lipinski definition) is 2. The van der Waals surface area contributed by atoms with Gasteiger partial charge in [-0.25, -0.2) is 0 Å². The summed E-state index contributed by atoms with van der Waals surface area (Å²) in [5, 5.41) is 3.03. The second-order valence-electron chi connectivity index (χ2n) is 5.35. The first-order valence-electron chi connectivity index (χ1n) is 7.11. The Labute approximate surface area is 127 Å². The number of ether oxygens (including phenoxy) is 1. The minimum atomic E-state index is -0.205. The van der Waals surface area contributed by atoms with E-state index in [1.807, 2.05) is 37.3 Å². The number of carbonyl (C=O) groups excluding carboxylic acids is 1. The molecule has 114 valence electrons. The van der Waals surface area contributed by atoms with Crippen molar-refractivity contribution in [3.63, 3.8) is 0 Å². The van der Waals surface area contributed by atoms with Gasteiger partial charge >= 0.3 is 5.97 Å². The maximum atomic E-state index is 11.7. The van der Waals surface area contributed by atoms with Crippen LogP contribution in [0, 0.1) is 11.8 Å². The molecule has 1 aromatic heterocycles. The number of nitrogens with two attached hydrogens (primary N) is 1. The predicted octanol–water partition coefficient (Wildman–Crippen LogP) is 1.90. The molecule has 0 radical (unpaired) electrons. The molecule has 0 aliphatic heterocycles. The molecular formula is C15H17N5O2. The van der Waals surface area contributed by atoms with Gasteiger partial charge in [-0.3, -0.25) is 4.79 Å². The fraction of sp³-hybridized carbons (Fsp3) is 0.333. The van der Waals surface area contributed by atoms with Gasteiger partial charge in [0.05, 0.1) is 5.92 Å². The van der Waals surface area contributed by atoms with Crippen LogP contribution >= 0.6 is 0 Å². The molecule has 3 rings (SSSR count). The van der Waals surface area contributed by atoms with Gasteiger partial charge in [-0.05, 0) is 24.5 Å². The summed E-state index contributed by atoms with van der Waals surface area (Å²) in [5.41, 5.74) is 6.51. The van der Waals surface area contributed by atoms with Crippen molar-refractivity contribution < 1.29 is 9.53 Å². The second kappa shape index (κ2) is 5.97. The third kappa shape index (κ3) is 3.49. The van der Waals surface area contributed by atoms with Crippen molar-refractivity contribution in [2.24, 2.45) is 11.8 Å². The fourth-order valence-corrected chi connectivity index (χ4v) is 2.10. The Morgan fingerprint density at radius 1 is 1.32 bits per heavy atom. The molecule has 7 heteroatoms. The number of nitrogens with zero attached hydrogens (tertiary/aromatic N) is 3. The first-order valence-corrected chi connectivity index (χ1v) is 7.11. The van der Waals surface area contributed by atoms with Crippen molar-refractivity contribution in [1.82, 2.24) is 15.0 Å². The van der Waals surface area contributed by atoms with Crippen molar-refractivity contribution in [3.05, 3.63) is 36.2 Å². The lowest BCUT2D eigenvalue weighted by Crippen LogP contribution is -2.12. The number of carbonyl (C=O) groups is 1. The lowest BCUT2D eigenvalue weighted by molar-refractivity contribution is -0.147. The van der Waals surface area contributed by atoms with E-state index in [9.17, 15) is 4.79 Å². The van der Waals surface area contributed by atoms with Crippen LogP contribution in [0.2, 0.25) is 0 Å². The van der Waals surface area contributed by atoms with Gasteiger partial charge in [0.1, 0.15) is 0 Å². The quantitative estimate of drug-likeness (QED) is 0.812. The zero-order valence-electron chi connectivity index (χ0n) is 12.2. The topological polar surface area (TPSA) is 103 Å². The number of esters is 1.